The van der Waals surface area contributed by atoms with Gasteiger partial charge in [0.05, 0.1) is 25.4 Å². The summed E-state index contributed by atoms with van der Waals surface area (Å²) in [6.07, 6.45) is 0.349. The van der Waals surface area contributed by atoms with Gasteiger partial charge in [-0.15, -0.1) is 0 Å². The van der Waals surface area contributed by atoms with Crippen LogP contribution in [-0.4, -0.2) is 54.1 Å². The van der Waals surface area contributed by atoms with Gasteiger partial charge in [-0.05, 0) is 37.6 Å². The van der Waals surface area contributed by atoms with Crippen LogP contribution in [0.1, 0.15) is 31.9 Å². The molecule has 0 unspecified atom stereocenters. The molecule has 0 saturated heterocycles. The normalized spacial score (nSPS) is 14.4. The van der Waals surface area contributed by atoms with E-state index in [1.165, 1.54) is 0 Å². The zero-order chi connectivity index (χ0) is 15.7. The Balaban J connectivity index is 2.37. The van der Waals surface area contributed by atoms with E-state index < -0.39 is 6.10 Å². The molecule has 0 radical (unpaired) electrons. The average Bonchev–Trinajstić information content (AvgIpc) is 2.46. The van der Waals surface area contributed by atoms with E-state index in [2.05, 4.69) is 6.92 Å². The lowest BCUT2D eigenvalue weighted by atomic mass is 10.1. The Morgan fingerprint density at radius 3 is 2.48 bits per heavy atom. The first-order valence-corrected chi connectivity index (χ1v) is 7.83. The number of benzene rings is 1. The van der Waals surface area contributed by atoms with Gasteiger partial charge in [0.15, 0.2) is 0 Å². The van der Waals surface area contributed by atoms with Gasteiger partial charge in [0, 0.05) is 18.1 Å². The molecule has 120 valence electrons. The molecule has 0 aliphatic carbocycles. The number of hydrogen-bond donors (Lipinski definition) is 2. The first-order chi connectivity index (χ1) is 10.1. The first kappa shape index (κ1) is 18.4. The van der Waals surface area contributed by atoms with E-state index in [9.17, 15) is 5.11 Å². The average molecular weight is 316 g/mol. The van der Waals surface area contributed by atoms with Crippen molar-refractivity contribution in [3.63, 3.8) is 0 Å². The second kappa shape index (κ2) is 10.1. The van der Waals surface area contributed by atoms with Crippen molar-refractivity contribution in [1.82, 2.24) is 4.90 Å². The zero-order valence-corrected chi connectivity index (χ0v) is 13.6. The summed E-state index contributed by atoms with van der Waals surface area (Å²) in [6.45, 7) is 6.37. The molecule has 0 saturated carbocycles. The van der Waals surface area contributed by atoms with E-state index in [1.54, 1.807) is 0 Å². The molecular weight excluding hydrogens is 290 g/mol. The Labute approximate surface area is 132 Å². The molecule has 0 aromatic heterocycles. The minimum atomic E-state index is -0.558. The van der Waals surface area contributed by atoms with Crippen molar-refractivity contribution < 1.29 is 14.9 Å². The molecule has 0 aliphatic rings. The lowest BCUT2D eigenvalue weighted by molar-refractivity contribution is -0.0170. The predicted molar refractivity (Wildman–Crippen MR) is 85.6 cm³/mol. The van der Waals surface area contributed by atoms with Gasteiger partial charge in [0.2, 0.25) is 0 Å². The SMILES string of the molecule is CCCN(CCO)C[C@H](O)CO[C@H](C)c1ccc(Cl)cc1. The third kappa shape index (κ3) is 7.25. The fourth-order valence-corrected chi connectivity index (χ4v) is 2.31. The van der Waals surface area contributed by atoms with Crippen LogP contribution in [0.5, 0.6) is 0 Å². The molecule has 0 amide bonds. The highest BCUT2D eigenvalue weighted by Gasteiger charge is 2.13. The van der Waals surface area contributed by atoms with Crippen LogP contribution in [-0.2, 0) is 4.74 Å². The summed E-state index contributed by atoms with van der Waals surface area (Å²) in [6, 6.07) is 7.51. The molecule has 2 atom stereocenters. The number of halogens is 1. The van der Waals surface area contributed by atoms with Crippen molar-refractivity contribution in [1.29, 1.82) is 0 Å². The summed E-state index contributed by atoms with van der Waals surface area (Å²) < 4.78 is 5.70. The van der Waals surface area contributed by atoms with Gasteiger partial charge >= 0.3 is 0 Å². The number of hydrogen-bond acceptors (Lipinski definition) is 4. The summed E-state index contributed by atoms with van der Waals surface area (Å²) in [5.41, 5.74) is 1.03. The molecule has 1 rings (SSSR count). The largest absolute Gasteiger partial charge is 0.395 e. The van der Waals surface area contributed by atoms with Crippen LogP contribution >= 0.6 is 11.6 Å². The van der Waals surface area contributed by atoms with Crippen LogP contribution in [0.25, 0.3) is 0 Å². The van der Waals surface area contributed by atoms with Gasteiger partial charge in [0.1, 0.15) is 0 Å². The summed E-state index contributed by atoms with van der Waals surface area (Å²) >= 11 is 5.85. The maximum Gasteiger partial charge on any atom is 0.0900 e. The van der Waals surface area contributed by atoms with E-state index in [1.807, 2.05) is 36.1 Å². The fourth-order valence-electron chi connectivity index (χ4n) is 2.19. The third-order valence-electron chi connectivity index (χ3n) is 3.30. The highest BCUT2D eigenvalue weighted by molar-refractivity contribution is 6.30. The van der Waals surface area contributed by atoms with E-state index in [0.717, 1.165) is 18.5 Å². The molecule has 0 heterocycles. The molecule has 0 spiro atoms. The van der Waals surface area contributed by atoms with E-state index in [0.29, 0.717) is 18.1 Å². The maximum absolute atomic E-state index is 10.0. The monoisotopic (exact) mass is 315 g/mol. The molecule has 0 fully saturated rings. The second-order valence-electron chi connectivity index (χ2n) is 5.21. The van der Waals surface area contributed by atoms with Crippen molar-refractivity contribution in [3.05, 3.63) is 34.9 Å². The smallest absolute Gasteiger partial charge is 0.0900 e. The molecule has 1 aromatic carbocycles. The van der Waals surface area contributed by atoms with Gasteiger partial charge in [-0.2, -0.15) is 0 Å². The van der Waals surface area contributed by atoms with Gasteiger partial charge < -0.3 is 14.9 Å². The van der Waals surface area contributed by atoms with Crippen LogP contribution in [0.15, 0.2) is 24.3 Å². The number of ether oxygens (including phenoxy) is 1. The standard InChI is InChI=1S/C16H26ClNO3/c1-3-8-18(9-10-19)11-16(20)12-21-13(2)14-4-6-15(17)7-5-14/h4-7,13,16,19-20H,3,8-12H2,1-2H3/t13-,16+/m1/s1. The van der Waals surface area contributed by atoms with Crippen LogP contribution in [0.2, 0.25) is 5.02 Å². The molecule has 0 aliphatic heterocycles. The zero-order valence-electron chi connectivity index (χ0n) is 12.8. The van der Waals surface area contributed by atoms with Crippen molar-refractivity contribution >= 4 is 11.6 Å². The van der Waals surface area contributed by atoms with Gasteiger partial charge in [0.25, 0.3) is 0 Å². The molecule has 0 bridgehead atoms. The lowest BCUT2D eigenvalue weighted by Crippen LogP contribution is -2.37. The third-order valence-corrected chi connectivity index (χ3v) is 3.56. The van der Waals surface area contributed by atoms with Crippen molar-refractivity contribution in [3.8, 4) is 0 Å². The van der Waals surface area contributed by atoms with Crippen LogP contribution in [0.3, 0.4) is 0 Å². The molecule has 5 heteroatoms. The Bertz CT molecular complexity index is 380. The first-order valence-electron chi connectivity index (χ1n) is 7.45. The van der Waals surface area contributed by atoms with Gasteiger partial charge in [-0.1, -0.05) is 30.7 Å². The number of aliphatic hydroxyl groups excluding tert-OH is 2. The molecule has 2 N–H and O–H groups in total. The Hall–Kier alpha value is -0.650. The van der Waals surface area contributed by atoms with Crippen molar-refractivity contribution in [2.45, 2.75) is 32.5 Å². The Morgan fingerprint density at radius 1 is 1.24 bits per heavy atom. The molecular formula is C16H26ClNO3. The number of rotatable bonds is 10. The van der Waals surface area contributed by atoms with Crippen LogP contribution in [0.4, 0.5) is 0 Å². The summed E-state index contributed by atoms with van der Waals surface area (Å²) in [7, 11) is 0. The highest BCUT2D eigenvalue weighted by atomic mass is 35.5. The summed E-state index contributed by atoms with van der Waals surface area (Å²) in [5, 5.41) is 19.7. The Kier molecular flexibility index (Phi) is 8.88. The van der Waals surface area contributed by atoms with Crippen LogP contribution < -0.4 is 0 Å². The van der Waals surface area contributed by atoms with Gasteiger partial charge in [-0.3, -0.25) is 4.90 Å². The van der Waals surface area contributed by atoms with Crippen LogP contribution in [0, 0.1) is 0 Å². The topological polar surface area (TPSA) is 52.9 Å². The lowest BCUT2D eigenvalue weighted by Gasteiger charge is -2.24. The summed E-state index contributed by atoms with van der Waals surface area (Å²) in [5.74, 6) is 0. The second-order valence-corrected chi connectivity index (χ2v) is 5.64. The summed E-state index contributed by atoms with van der Waals surface area (Å²) in [4.78, 5) is 2.04. The minimum absolute atomic E-state index is 0.0885. The molecule has 1 aromatic rings. The van der Waals surface area contributed by atoms with E-state index in [4.69, 9.17) is 21.4 Å². The highest BCUT2D eigenvalue weighted by Crippen LogP contribution is 2.19. The van der Waals surface area contributed by atoms with E-state index in [-0.39, 0.29) is 19.3 Å². The predicted octanol–water partition coefficient (Wildman–Crippen LogP) is 2.48. The van der Waals surface area contributed by atoms with Crippen molar-refractivity contribution in [2.75, 3.05) is 32.8 Å². The Morgan fingerprint density at radius 2 is 1.90 bits per heavy atom. The number of aliphatic hydroxyl groups is 2. The minimum Gasteiger partial charge on any atom is -0.395 e. The van der Waals surface area contributed by atoms with Gasteiger partial charge in [-0.25, -0.2) is 0 Å². The quantitative estimate of drug-likeness (QED) is 0.696. The van der Waals surface area contributed by atoms with Crippen molar-refractivity contribution in [2.24, 2.45) is 0 Å². The molecule has 4 nitrogen and oxygen atoms in total. The maximum atomic E-state index is 10.0. The fraction of sp³-hybridized carbons (Fsp3) is 0.625. The number of nitrogens with zero attached hydrogens (tertiary/aromatic N) is 1. The molecule has 21 heavy (non-hydrogen) atoms. The van der Waals surface area contributed by atoms with E-state index >= 15 is 0 Å².